The Balaban J connectivity index is 1.62. The van der Waals surface area contributed by atoms with Crippen molar-refractivity contribution >= 4 is 17.3 Å². The van der Waals surface area contributed by atoms with Crippen molar-refractivity contribution < 1.29 is 9.47 Å². The van der Waals surface area contributed by atoms with Gasteiger partial charge in [-0.25, -0.2) is 0 Å². The topological polar surface area (TPSA) is 58.1 Å². The van der Waals surface area contributed by atoms with Crippen molar-refractivity contribution in [1.29, 1.82) is 0 Å². The van der Waals surface area contributed by atoms with Crippen molar-refractivity contribution in [3.05, 3.63) is 46.2 Å². The summed E-state index contributed by atoms with van der Waals surface area (Å²) in [5.74, 6) is 3.14. The van der Waals surface area contributed by atoms with Crippen molar-refractivity contribution in [3.63, 3.8) is 0 Å². The summed E-state index contributed by atoms with van der Waals surface area (Å²) in [5.41, 5.74) is 1.12. The SMILES string of the molecule is CCNC(=NCC1CCCN(C)C1c1cccs1)NCCc1cc(OC)ccc1OC. The van der Waals surface area contributed by atoms with Gasteiger partial charge in [-0.05, 0) is 80.9 Å². The minimum atomic E-state index is 0.460. The van der Waals surface area contributed by atoms with E-state index in [4.69, 9.17) is 14.5 Å². The molecular formula is C24H36N4O2S. The number of guanidine groups is 1. The molecule has 0 spiro atoms. The third kappa shape index (κ3) is 6.37. The Morgan fingerprint density at radius 1 is 1.23 bits per heavy atom. The fourth-order valence-electron chi connectivity index (χ4n) is 4.30. The first-order valence-electron chi connectivity index (χ1n) is 11.1. The zero-order chi connectivity index (χ0) is 22.1. The molecule has 2 heterocycles. The Labute approximate surface area is 190 Å². The fraction of sp³-hybridized carbons (Fsp3) is 0.542. The standard InChI is InChI=1S/C24H36N4O2S/c1-5-25-24(26-13-12-18-16-20(29-3)10-11-21(18)30-4)27-17-19-8-6-14-28(2)23(19)22-9-7-15-31-22/h7,9-11,15-16,19,23H,5-6,8,12-14,17H2,1-4H3,(H2,25,26,27). The van der Waals surface area contributed by atoms with Crippen LogP contribution in [0.25, 0.3) is 0 Å². The molecule has 0 saturated carbocycles. The average Bonchev–Trinajstić information content (AvgIpc) is 3.31. The van der Waals surface area contributed by atoms with Crippen LogP contribution < -0.4 is 20.1 Å². The van der Waals surface area contributed by atoms with E-state index in [1.165, 1.54) is 17.7 Å². The Kier molecular flexibility index (Phi) is 9.03. The second-order valence-corrected chi connectivity index (χ2v) is 8.90. The van der Waals surface area contributed by atoms with Crippen LogP contribution in [0.2, 0.25) is 0 Å². The first-order valence-corrected chi connectivity index (χ1v) is 12.0. The monoisotopic (exact) mass is 444 g/mol. The summed E-state index contributed by atoms with van der Waals surface area (Å²) < 4.78 is 10.9. The first-order chi connectivity index (χ1) is 15.2. The highest BCUT2D eigenvalue weighted by molar-refractivity contribution is 7.10. The summed E-state index contributed by atoms with van der Waals surface area (Å²) in [6.07, 6.45) is 3.28. The Hall–Kier alpha value is -2.25. The van der Waals surface area contributed by atoms with Crippen LogP contribution in [0, 0.1) is 5.92 Å². The number of ether oxygens (including phenoxy) is 2. The summed E-state index contributed by atoms with van der Waals surface area (Å²) in [6, 6.07) is 10.8. The number of benzene rings is 1. The molecule has 2 unspecified atom stereocenters. The van der Waals surface area contributed by atoms with E-state index in [2.05, 4.69) is 47.0 Å². The lowest BCUT2D eigenvalue weighted by Gasteiger charge is -2.38. The maximum Gasteiger partial charge on any atom is 0.191 e. The molecule has 1 aliphatic rings. The molecule has 31 heavy (non-hydrogen) atoms. The Morgan fingerprint density at radius 2 is 2.10 bits per heavy atom. The summed E-state index contributed by atoms with van der Waals surface area (Å²) in [7, 11) is 5.63. The molecule has 3 rings (SSSR count). The second kappa shape index (κ2) is 12.0. The normalized spacial score (nSPS) is 19.8. The van der Waals surface area contributed by atoms with Gasteiger partial charge in [-0.3, -0.25) is 9.89 Å². The van der Waals surface area contributed by atoms with Crippen LogP contribution in [-0.4, -0.2) is 58.3 Å². The second-order valence-electron chi connectivity index (χ2n) is 7.92. The van der Waals surface area contributed by atoms with E-state index in [1.807, 2.05) is 29.5 Å². The predicted molar refractivity (Wildman–Crippen MR) is 130 cm³/mol. The number of rotatable bonds is 9. The molecule has 1 aromatic carbocycles. The van der Waals surface area contributed by atoms with Crippen LogP contribution in [0.5, 0.6) is 11.5 Å². The van der Waals surface area contributed by atoms with Crippen LogP contribution in [0.4, 0.5) is 0 Å². The molecule has 2 N–H and O–H groups in total. The molecule has 2 atom stereocenters. The highest BCUT2D eigenvalue weighted by Gasteiger charge is 2.31. The molecule has 170 valence electrons. The summed E-state index contributed by atoms with van der Waals surface area (Å²) in [4.78, 5) is 8.90. The van der Waals surface area contributed by atoms with Gasteiger partial charge >= 0.3 is 0 Å². The molecule has 1 fully saturated rings. The molecule has 0 radical (unpaired) electrons. The Bertz CT molecular complexity index is 825. The molecule has 1 aliphatic heterocycles. The molecule has 0 bridgehead atoms. The van der Waals surface area contributed by atoms with E-state index in [0.717, 1.165) is 55.6 Å². The number of nitrogens with one attached hydrogen (secondary N) is 2. The van der Waals surface area contributed by atoms with E-state index >= 15 is 0 Å². The van der Waals surface area contributed by atoms with Gasteiger partial charge in [0.1, 0.15) is 11.5 Å². The van der Waals surface area contributed by atoms with E-state index in [-0.39, 0.29) is 0 Å². The fourth-order valence-corrected chi connectivity index (χ4v) is 5.29. The number of thiophene rings is 1. The number of piperidine rings is 1. The van der Waals surface area contributed by atoms with Gasteiger partial charge in [0.2, 0.25) is 0 Å². The van der Waals surface area contributed by atoms with Crippen LogP contribution >= 0.6 is 11.3 Å². The van der Waals surface area contributed by atoms with Crippen molar-refractivity contribution in [2.24, 2.45) is 10.9 Å². The summed E-state index contributed by atoms with van der Waals surface area (Å²) in [6.45, 7) is 5.70. The summed E-state index contributed by atoms with van der Waals surface area (Å²) >= 11 is 1.86. The van der Waals surface area contributed by atoms with Crippen LogP contribution in [-0.2, 0) is 6.42 Å². The van der Waals surface area contributed by atoms with Crippen molar-refractivity contribution in [1.82, 2.24) is 15.5 Å². The molecule has 1 saturated heterocycles. The highest BCUT2D eigenvalue weighted by atomic mass is 32.1. The number of methoxy groups -OCH3 is 2. The lowest BCUT2D eigenvalue weighted by molar-refractivity contribution is 0.128. The van der Waals surface area contributed by atoms with Gasteiger partial charge in [-0.1, -0.05) is 6.07 Å². The minimum absolute atomic E-state index is 0.460. The largest absolute Gasteiger partial charge is 0.497 e. The lowest BCUT2D eigenvalue weighted by Crippen LogP contribution is -2.40. The third-order valence-corrected chi connectivity index (χ3v) is 6.79. The maximum absolute atomic E-state index is 5.50. The van der Waals surface area contributed by atoms with Gasteiger partial charge in [-0.2, -0.15) is 0 Å². The van der Waals surface area contributed by atoms with Gasteiger partial charge < -0.3 is 20.1 Å². The van der Waals surface area contributed by atoms with Gasteiger partial charge in [-0.15, -0.1) is 11.3 Å². The third-order valence-electron chi connectivity index (χ3n) is 5.84. The van der Waals surface area contributed by atoms with E-state index in [1.54, 1.807) is 14.2 Å². The minimum Gasteiger partial charge on any atom is -0.497 e. The molecule has 7 heteroatoms. The zero-order valence-electron chi connectivity index (χ0n) is 19.2. The smallest absolute Gasteiger partial charge is 0.191 e. The number of hydrogen-bond donors (Lipinski definition) is 2. The zero-order valence-corrected chi connectivity index (χ0v) is 20.0. The van der Waals surface area contributed by atoms with Gasteiger partial charge in [0.05, 0.1) is 14.2 Å². The van der Waals surface area contributed by atoms with Crippen LogP contribution in [0.1, 0.15) is 36.2 Å². The molecule has 0 amide bonds. The van der Waals surface area contributed by atoms with E-state index in [9.17, 15) is 0 Å². The van der Waals surface area contributed by atoms with Crippen molar-refractivity contribution in [2.45, 2.75) is 32.2 Å². The summed E-state index contributed by atoms with van der Waals surface area (Å²) in [5, 5.41) is 9.06. The lowest BCUT2D eigenvalue weighted by atomic mass is 9.88. The quantitative estimate of drug-likeness (QED) is 0.453. The van der Waals surface area contributed by atoms with E-state index in [0.29, 0.717) is 12.0 Å². The van der Waals surface area contributed by atoms with Gasteiger partial charge in [0.15, 0.2) is 5.96 Å². The van der Waals surface area contributed by atoms with Crippen LogP contribution in [0.15, 0.2) is 40.7 Å². The number of likely N-dealkylation sites (tertiary alicyclic amines) is 1. The van der Waals surface area contributed by atoms with Gasteiger partial charge in [0, 0.05) is 30.6 Å². The molecule has 1 aromatic heterocycles. The number of nitrogens with zero attached hydrogens (tertiary/aromatic N) is 2. The highest BCUT2D eigenvalue weighted by Crippen LogP contribution is 2.37. The average molecular weight is 445 g/mol. The van der Waals surface area contributed by atoms with Crippen molar-refractivity contribution in [3.8, 4) is 11.5 Å². The van der Waals surface area contributed by atoms with E-state index < -0.39 is 0 Å². The van der Waals surface area contributed by atoms with Crippen LogP contribution in [0.3, 0.4) is 0 Å². The van der Waals surface area contributed by atoms with Gasteiger partial charge in [0.25, 0.3) is 0 Å². The maximum atomic E-state index is 5.50. The molecule has 2 aromatic rings. The van der Waals surface area contributed by atoms with Crippen molar-refractivity contribution in [2.75, 3.05) is 47.4 Å². The molecule has 0 aliphatic carbocycles. The Morgan fingerprint density at radius 3 is 2.81 bits per heavy atom. The molecular weight excluding hydrogens is 408 g/mol. The predicted octanol–water partition coefficient (Wildman–Crippen LogP) is 3.95. The molecule has 6 nitrogen and oxygen atoms in total. The first kappa shape index (κ1) is 23.4. The number of hydrogen-bond acceptors (Lipinski definition) is 5. The number of aliphatic imine (C=N–C) groups is 1.